The Hall–Kier alpha value is -0.300. The highest BCUT2D eigenvalue weighted by Crippen LogP contribution is 2.67. The third-order valence-electron chi connectivity index (χ3n) is 8.78. The van der Waals surface area contributed by atoms with Gasteiger partial charge in [0.25, 0.3) is 0 Å². The van der Waals surface area contributed by atoms with Crippen molar-refractivity contribution in [3.05, 3.63) is 11.6 Å². The van der Waals surface area contributed by atoms with E-state index in [4.69, 9.17) is 0 Å². The molecule has 0 heterocycles. The first-order valence-electron chi connectivity index (χ1n) is 9.88. The molecule has 0 amide bonds. The number of hydrogen-bond acceptors (Lipinski definition) is 1. The number of aliphatic hydroxyl groups is 1. The van der Waals surface area contributed by atoms with Crippen molar-refractivity contribution >= 4 is 0 Å². The Bertz CT molecular complexity index is 480. The maximum Gasteiger partial charge on any atom is 0.0724 e. The summed E-state index contributed by atoms with van der Waals surface area (Å²) in [6, 6.07) is 0. The molecule has 1 nitrogen and oxygen atoms in total. The summed E-state index contributed by atoms with van der Waals surface area (Å²) in [5.41, 5.74) is 2.66. The lowest BCUT2D eigenvalue weighted by Gasteiger charge is -2.58. The predicted octanol–water partition coefficient (Wildman–Crippen LogP) is 5.34. The van der Waals surface area contributed by atoms with Crippen LogP contribution in [0.15, 0.2) is 11.6 Å². The number of rotatable bonds is 1. The van der Waals surface area contributed by atoms with Gasteiger partial charge in [0.1, 0.15) is 0 Å². The van der Waals surface area contributed by atoms with Crippen molar-refractivity contribution in [1.29, 1.82) is 0 Å². The molecule has 4 unspecified atom stereocenters. The van der Waals surface area contributed by atoms with Crippen LogP contribution in [0.1, 0.15) is 78.6 Å². The van der Waals surface area contributed by atoms with E-state index in [9.17, 15) is 5.11 Å². The van der Waals surface area contributed by atoms with Gasteiger partial charge >= 0.3 is 0 Å². The number of aliphatic hydroxyl groups excluding tert-OH is 1. The molecule has 4 aliphatic carbocycles. The normalized spacial score (nSPS) is 54.2. The second-order valence-electron chi connectivity index (χ2n) is 9.36. The smallest absolute Gasteiger partial charge is 0.0724 e. The molecular formula is C21H34O. The van der Waals surface area contributed by atoms with E-state index >= 15 is 0 Å². The number of allylic oxidation sites excluding steroid dienone is 1. The van der Waals surface area contributed by atoms with E-state index in [1.165, 1.54) is 51.4 Å². The molecule has 1 heteroatoms. The average molecular weight is 303 g/mol. The van der Waals surface area contributed by atoms with E-state index in [0.717, 1.165) is 30.1 Å². The van der Waals surface area contributed by atoms with Gasteiger partial charge in [-0.1, -0.05) is 38.8 Å². The molecule has 0 bridgehead atoms. The number of fused-ring (bicyclic) bond motifs is 5. The first kappa shape index (κ1) is 15.2. The van der Waals surface area contributed by atoms with Crippen LogP contribution in [-0.2, 0) is 0 Å². The third kappa shape index (κ3) is 1.93. The zero-order valence-corrected chi connectivity index (χ0v) is 14.8. The summed E-state index contributed by atoms with van der Waals surface area (Å²) in [6.07, 6.45) is 14.2. The van der Waals surface area contributed by atoms with Gasteiger partial charge in [-0.3, -0.25) is 0 Å². The van der Waals surface area contributed by atoms with Gasteiger partial charge in [-0.2, -0.15) is 0 Å². The molecule has 0 saturated heterocycles. The average Bonchev–Trinajstić information content (AvgIpc) is 2.84. The molecule has 0 aliphatic heterocycles. The standard InChI is InChI=1S/C21H34O/c1-4-14-6-8-18-17-7-5-15-13-16(22)9-11-21(15,3)19(17)10-12-20(14,18)2/h13-14,16-19,22H,4-12H2,1-3H3/t14?,16-,17?,18?,19?,20+,21-/m0/s1. The molecule has 22 heavy (non-hydrogen) atoms. The summed E-state index contributed by atoms with van der Waals surface area (Å²) in [4.78, 5) is 0. The van der Waals surface area contributed by atoms with E-state index in [2.05, 4.69) is 26.8 Å². The van der Waals surface area contributed by atoms with Crippen LogP contribution in [0.3, 0.4) is 0 Å². The van der Waals surface area contributed by atoms with Crippen molar-refractivity contribution in [3.8, 4) is 0 Å². The van der Waals surface area contributed by atoms with Gasteiger partial charge in [0.05, 0.1) is 6.10 Å². The van der Waals surface area contributed by atoms with Crippen LogP contribution in [0, 0.1) is 34.5 Å². The van der Waals surface area contributed by atoms with Crippen molar-refractivity contribution in [3.63, 3.8) is 0 Å². The third-order valence-corrected chi connectivity index (χ3v) is 8.78. The minimum absolute atomic E-state index is 0.163. The first-order valence-corrected chi connectivity index (χ1v) is 9.88. The lowest BCUT2D eigenvalue weighted by Crippen LogP contribution is -2.50. The topological polar surface area (TPSA) is 20.2 Å². The van der Waals surface area contributed by atoms with Crippen LogP contribution < -0.4 is 0 Å². The Morgan fingerprint density at radius 3 is 2.64 bits per heavy atom. The molecule has 0 aromatic carbocycles. The van der Waals surface area contributed by atoms with Crippen molar-refractivity contribution in [2.45, 2.75) is 84.7 Å². The highest BCUT2D eigenvalue weighted by Gasteiger charge is 2.58. The minimum atomic E-state index is -0.163. The quantitative estimate of drug-likeness (QED) is 0.648. The Balaban J connectivity index is 1.65. The van der Waals surface area contributed by atoms with Gasteiger partial charge in [-0.15, -0.1) is 0 Å². The molecule has 3 fully saturated rings. The first-order chi connectivity index (χ1) is 10.5. The van der Waals surface area contributed by atoms with E-state index in [-0.39, 0.29) is 6.10 Å². The zero-order chi connectivity index (χ0) is 15.5. The van der Waals surface area contributed by atoms with Gasteiger partial charge in [0.2, 0.25) is 0 Å². The van der Waals surface area contributed by atoms with Crippen LogP contribution >= 0.6 is 0 Å². The van der Waals surface area contributed by atoms with Gasteiger partial charge < -0.3 is 5.11 Å². The molecule has 124 valence electrons. The number of hydrogen-bond donors (Lipinski definition) is 1. The maximum atomic E-state index is 10.0. The fraction of sp³-hybridized carbons (Fsp3) is 0.905. The van der Waals surface area contributed by atoms with Gasteiger partial charge in [-0.25, -0.2) is 0 Å². The Kier molecular flexibility index (Phi) is 3.53. The summed E-state index contributed by atoms with van der Waals surface area (Å²) in [7, 11) is 0. The predicted molar refractivity (Wildman–Crippen MR) is 91.5 cm³/mol. The van der Waals surface area contributed by atoms with E-state index in [1.54, 1.807) is 5.57 Å². The molecule has 4 rings (SSSR count). The molecular weight excluding hydrogens is 268 g/mol. The lowest BCUT2D eigenvalue weighted by atomic mass is 9.46. The molecule has 0 radical (unpaired) electrons. The van der Waals surface area contributed by atoms with E-state index in [0.29, 0.717) is 10.8 Å². The van der Waals surface area contributed by atoms with Gasteiger partial charge in [0, 0.05) is 0 Å². The largest absolute Gasteiger partial charge is 0.389 e. The zero-order valence-electron chi connectivity index (χ0n) is 14.8. The molecule has 0 aromatic heterocycles. The van der Waals surface area contributed by atoms with Crippen LogP contribution in [0.5, 0.6) is 0 Å². The van der Waals surface area contributed by atoms with Crippen molar-refractivity contribution in [1.82, 2.24) is 0 Å². The van der Waals surface area contributed by atoms with E-state index < -0.39 is 0 Å². The molecule has 3 saturated carbocycles. The SMILES string of the molecule is CCC1CCC2C3CCC4=C[C@@H](O)CC[C@]4(C)C3CC[C@]12C. The fourth-order valence-corrected chi connectivity index (χ4v) is 7.49. The van der Waals surface area contributed by atoms with Crippen LogP contribution in [0.4, 0.5) is 0 Å². The highest BCUT2D eigenvalue weighted by atomic mass is 16.3. The summed E-state index contributed by atoms with van der Waals surface area (Å²) >= 11 is 0. The van der Waals surface area contributed by atoms with Gasteiger partial charge in [0.15, 0.2) is 0 Å². The summed E-state index contributed by atoms with van der Waals surface area (Å²) in [6.45, 7) is 7.58. The summed E-state index contributed by atoms with van der Waals surface area (Å²) < 4.78 is 0. The second kappa shape index (κ2) is 5.10. The second-order valence-corrected chi connectivity index (χ2v) is 9.36. The van der Waals surface area contributed by atoms with Crippen molar-refractivity contribution in [2.24, 2.45) is 34.5 Å². The Morgan fingerprint density at radius 1 is 1.05 bits per heavy atom. The fourth-order valence-electron chi connectivity index (χ4n) is 7.49. The minimum Gasteiger partial charge on any atom is -0.389 e. The molecule has 4 aliphatic rings. The Labute approximate surface area is 136 Å². The van der Waals surface area contributed by atoms with Crippen LogP contribution in [0.25, 0.3) is 0 Å². The lowest BCUT2D eigenvalue weighted by molar-refractivity contribution is -0.0554. The van der Waals surface area contributed by atoms with E-state index in [1.807, 2.05) is 0 Å². The monoisotopic (exact) mass is 302 g/mol. The highest BCUT2D eigenvalue weighted by molar-refractivity contribution is 5.25. The molecule has 7 atom stereocenters. The summed E-state index contributed by atoms with van der Waals surface area (Å²) in [5, 5.41) is 10.0. The van der Waals surface area contributed by atoms with Gasteiger partial charge in [-0.05, 0) is 85.9 Å². The Morgan fingerprint density at radius 2 is 1.86 bits per heavy atom. The molecule has 0 spiro atoms. The molecule has 0 aromatic rings. The summed E-state index contributed by atoms with van der Waals surface area (Å²) in [5.74, 6) is 3.83. The van der Waals surface area contributed by atoms with Crippen LogP contribution in [-0.4, -0.2) is 11.2 Å². The van der Waals surface area contributed by atoms with Crippen molar-refractivity contribution in [2.75, 3.05) is 0 Å². The molecule has 1 N–H and O–H groups in total. The maximum absolute atomic E-state index is 10.0. The van der Waals surface area contributed by atoms with Crippen LogP contribution in [0.2, 0.25) is 0 Å². The van der Waals surface area contributed by atoms with Crippen molar-refractivity contribution < 1.29 is 5.11 Å².